The molecular formula is C8H17NO. The van der Waals surface area contributed by atoms with E-state index in [1.165, 1.54) is 25.7 Å². The van der Waals surface area contributed by atoms with Crippen LogP contribution in [0.25, 0.3) is 0 Å². The van der Waals surface area contributed by atoms with E-state index < -0.39 is 0 Å². The maximum atomic E-state index is 5.33. The Bertz CT molecular complexity index is 83.3. The smallest absolute Gasteiger partial charge is 0.0724 e. The molecule has 0 amide bonds. The first-order valence-corrected chi connectivity index (χ1v) is 4.08. The summed E-state index contributed by atoms with van der Waals surface area (Å²) < 4.78 is 5.33. The van der Waals surface area contributed by atoms with Gasteiger partial charge in [0, 0.05) is 13.2 Å². The predicted octanol–water partition coefficient (Wildman–Crippen LogP) is 1.16. The van der Waals surface area contributed by atoms with Gasteiger partial charge in [-0.25, -0.2) is 0 Å². The lowest BCUT2D eigenvalue weighted by atomic mass is 9.93. The third kappa shape index (κ3) is 1.70. The van der Waals surface area contributed by atoms with Gasteiger partial charge in [-0.15, -0.1) is 0 Å². The maximum absolute atomic E-state index is 5.33. The van der Waals surface area contributed by atoms with Gasteiger partial charge in [-0.1, -0.05) is 12.8 Å². The number of nitrogens with one attached hydrogen (secondary N) is 1. The minimum Gasteiger partial charge on any atom is -0.380 e. The molecule has 1 fully saturated rings. The van der Waals surface area contributed by atoms with Crippen LogP contribution >= 0.6 is 0 Å². The highest BCUT2D eigenvalue weighted by molar-refractivity contribution is 4.79. The summed E-state index contributed by atoms with van der Waals surface area (Å²) in [6.07, 6.45) is 5.64. The fourth-order valence-corrected chi connectivity index (χ4v) is 1.71. The molecule has 1 rings (SSSR count). The molecule has 2 atom stereocenters. The normalized spacial score (nSPS) is 34.2. The van der Waals surface area contributed by atoms with Crippen molar-refractivity contribution in [1.29, 1.82) is 0 Å². The molecule has 1 saturated carbocycles. The van der Waals surface area contributed by atoms with E-state index in [1.54, 1.807) is 7.11 Å². The first kappa shape index (κ1) is 8.02. The van der Waals surface area contributed by atoms with Gasteiger partial charge in [-0.2, -0.15) is 0 Å². The van der Waals surface area contributed by atoms with E-state index in [2.05, 4.69) is 5.32 Å². The number of methoxy groups -OCH3 is 1. The molecule has 0 aromatic rings. The van der Waals surface area contributed by atoms with Gasteiger partial charge in [-0.3, -0.25) is 0 Å². The molecule has 10 heavy (non-hydrogen) atoms. The van der Waals surface area contributed by atoms with E-state index in [-0.39, 0.29) is 0 Å². The molecule has 2 nitrogen and oxygen atoms in total. The van der Waals surface area contributed by atoms with Crippen molar-refractivity contribution >= 4 is 0 Å². The fourth-order valence-electron chi connectivity index (χ4n) is 1.71. The highest BCUT2D eigenvalue weighted by atomic mass is 16.5. The monoisotopic (exact) mass is 143 g/mol. The summed E-state index contributed by atoms with van der Waals surface area (Å²) in [5.41, 5.74) is 0. The van der Waals surface area contributed by atoms with Gasteiger partial charge in [-0.05, 0) is 19.9 Å². The summed E-state index contributed by atoms with van der Waals surface area (Å²) in [7, 11) is 3.82. The lowest BCUT2D eigenvalue weighted by molar-refractivity contribution is 0.0445. The second-order valence-electron chi connectivity index (χ2n) is 2.95. The van der Waals surface area contributed by atoms with Crippen LogP contribution in [0.3, 0.4) is 0 Å². The third-order valence-electron chi connectivity index (χ3n) is 2.38. The molecular weight excluding hydrogens is 126 g/mol. The zero-order valence-corrected chi connectivity index (χ0v) is 6.89. The molecule has 2 heteroatoms. The lowest BCUT2D eigenvalue weighted by Crippen LogP contribution is -2.41. The summed E-state index contributed by atoms with van der Waals surface area (Å²) in [6, 6.07) is 0.596. The van der Waals surface area contributed by atoms with Gasteiger partial charge >= 0.3 is 0 Å². The summed E-state index contributed by atoms with van der Waals surface area (Å²) in [6.45, 7) is 0. The first-order chi connectivity index (χ1) is 4.88. The molecule has 0 unspecified atom stereocenters. The van der Waals surface area contributed by atoms with Crippen LogP contribution in [0, 0.1) is 0 Å². The minimum absolute atomic E-state index is 0.457. The number of hydrogen-bond acceptors (Lipinski definition) is 2. The van der Waals surface area contributed by atoms with E-state index >= 15 is 0 Å². The molecule has 0 radical (unpaired) electrons. The maximum Gasteiger partial charge on any atom is 0.0724 e. The Morgan fingerprint density at radius 1 is 1.30 bits per heavy atom. The lowest BCUT2D eigenvalue weighted by Gasteiger charge is -2.29. The molecule has 1 aliphatic rings. The first-order valence-electron chi connectivity index (χ1n) is 4.08. The van der Waals surface area contributed by atoms with Crippen molar-refractivity contribution in [2.45, 2.75) is 37.8 Å². The molecule has 1 N–H and O–H groups in total. The molecule has 0 heterocycles. The fraction of sp³-hybridized carbons (Fsp3) is 1.00. The van der Waals surface area contributed by atoms with Crippen molar-refractivity contribution < 1.29 is 4.74 Å². The van der Waals surface area contributed by atoms with Crippen molar-refractivity contribution in [3.8, 4) is 0 Å². The number of ether oxygens (including phenoxy) is 1. The molecule has 0 spiro atoms. The summed E-state index contributed by atoms with van der Waals surface area (Å²) in [5, 5.41) is 3.28. The molecule has 60 valence electrons. The van der Waals surface area contributed by atoms with E-state index in [4.69, 9.17) is 4.74 Å². The predicted molar refractivity (Wildman–Crippen MR) is 42.1 cm³/mol. The van der Waals surface area contributed by atoms with E-state index in [0.717, 1.165) is 0 Å². The Morgan fingerprint density at radius 2 is 2.00 bits per heavy atom. The van der Waals surface area contributed by atoms with Crippen LogP contribution in [0.5, 0.6) is 0 Å². The Balaban J connectivity index is 2.34. The summed E-state index contributed by atoms with van der Waals surface area (Å²) in [4.78, 5) is 0. The van der Waals surface area contributed by atoms with E-state index in [0.29, 0.717) is 12.1 Å². The van der Waals surface area contributed by atoms with Crippen LogP contribution in [-0.2, 0) is 4.74 Å². The average molecular weight is 143 g/mol. The second-order valence-corrected chi connectivity index (χ2v) is 2.95. The van der Waals surface area contributed by atoms with Gasteiger partial charge in [0.25, 0.3) is 0 Å². The van der Waals surface area contributed by atoms with Crippen LogP contribution in [0.4, 0.5) is 0 Å². The zero-order chi connectivity index (χ0) is 7.40. The standard InChI is InChI=1S/C8H17NO/c1-9-7-5-3-4-6-8(7)10-2/h7-9H,3-6H2,1-2H3/t7-,8-/m0/s1. The van der Waals surface area contributed by atoms with Crippen molar-refractivity contribution in [1.82, 2.24) is 5.32 Å². The van der Waals surface area contributed by atoms with Gasteiger partial charge < -0.3 is 10.1 Å². The number of rotatable bonds is 2. The number of hydrogen-bond donors (Lipinski definition) is 1. The van der Waals surface area contributed by atoms with Crippen LogP contribution in [0.15, 0.2) is 0 Å². The van der Waals surface area contributed by atoms with Crippen LogP contribution < -0.4 is 5.32 Å². The minimum atomic E-state index is 0.457. The van der Waals surface area contributed by atoms with Crippen molar-refractivity contribution in [2.24, 2.45) is 0 Å². The molecule has 0 aromatic carbocycles. The average Bonchev–Trinajstić information content (AvgIpc) is 2.04. The van der Waals surface area contributed by atoms with Crippen LogP contribution in [-0.4, -0.2) is 26.3 Å². The highest BCUT2D eigenvalue weighted by Gasteiger charge is 2.22. The van der Waals surface area contributed by atoms with Gasteiger partial charge in [0.15, 0.2) is 0 Å². The Labute approximate surface area is 63.0 Å². The molecule has 0 saturated heterocycles. The van der Waals surface area contributed by atoms with Crippen molar-refractivity contribution in [2.75, 3.05) is 14.2 Å². The van der Waals surface area contributed by atoms with Crippen molar-refractivity contribution in [3.05, 3.63) is 0 Å². The Kier molecular flexibility index (Phi) is 3.16. The quantitative estimate of drug-likeness (QED) is 0.626. The molecule has 1 aliphatic carbocycles. The van der Waals surface area contributed by atoms with E-state index in [1.807, 2.05) is 7.05 Å². The molecule has 0 aromatic heterocycles. The zero-order valence-electron chi connectivity index (χ0n) is 6.89. The second kappa shape index (κ2) is 3.94. The summed E-state index contributed by atoms with van der Waals surface area (Å²) in [5.74, 6) is 0. The molecule has 0 bridgehead atoms. The van der Waals surface area contributed by atoms with Crippen LogP contribution in [0.1, 0.15) is 25.7 Å². The number of likely N-dealkylation sites (N-methyl/N-ethyl adjacent to an activating group) is 1. The van der Waals surface area contributed by atoms with Crippen molar-refractivity contribution in [3.63, 3.8) is 0 Å². The van der Waals surface area contributed by atoms with Gasteiger partial charge in [0.2, 0.25) is 0 Å². The SMILES string of the molecule is CN[C@H]1CCCC[C@@H]1OC. The van der Waals surface area contributed by atoms with Crippen LogP contribution in [0.2, 0.25) is 0 Å². The van der Waals surface area contributed by atoms with E-state index in [9.17, 15) is 0 Å². The Hall–Kier alpha value is -0.0800. The summed E-state index contributed by atoms with van der Waals surface area (Å²) >= 11 is 0. The highest BCUT2D eigenvalue weighted by Crippen LogP contribution is 2.19. The molecule has 0 aliphatic heterocycles. The van der Waals surface area contributed by atoms with Gasteiger partial charge in [0.1, 0.15) is 0 Å². The topological polar surface area (TPSA) is 21.3 Å². The third-order valence-corrected chi connectivity index (χ3v) is 2.38. The largest absolute Gasteiger partial charge is 0.380 e. The van der Waals surface area contributed by atoms with Gasteiger partial charge in [0.05, 0.1) is 6.10 Å². The Morgan fingerprint density at radius 3 is 2.50 bits per heavy atom.